The highest BCUT2D eigenvalue weighted by Gasteiger charge is 2.55. The van der Waals surface area contributed by atoms with Gasteiger partial charge in [0.1, 0.15) is 0 Å². The van der Waals surface area contributed by atoms with E-state index >= 15 is 0 Å². The van der Waals surface area contributed by atoms with Crippen molar-refractivity contribution in [2.75, 3.05) is 9.80 Å². The van der Waals surface area contributed by atoms with Gasteiger partial charge in [0, 0.05) is 33.9 Å². The first kappa shape index (κ1) is 56.6. The van der Waals surface area contributed by atoms with E-state index in [1.165, 1.54) is 162 Å². The molecule has 94 heavy (non-hydrogen) atoms. The van der Waals surface area contributed by atoms with Crippen molar-refractivity contribution in [3.8, 4) is 66.8 Å². The lowest BCUT2D eigenvalue weighted by Gasteiger charge is -2.36. The third-order valence-electron chi connectivity index (χ3n) is 20.7. The van der Waals surface area contributed by atoms with Crippen LogP contribution in [0, 0.1) is 41.5 Å². The quantitative estimate of drug-likeness (QED) is 0.150. The summed E-state index contributed by atoms with van der Waals surface area (Å²) in [6.07, 6.45) is 0. The largest absolute Gasteiger partial charge is 0.310 e. The van der Waals surface area contributed by atoms with E-state index in [0.717, 1.165) is 17.1 Å². The van der Waals surface area contributed by atoms with Gasteiger partial charge in [-0.05, 0) is 219 Å². The zero-order valence-corrected chi connectivity index (χ0v) is 53.9. The predicted molar refractivity (Wildman–Crippen MR) is 394 cm³/mol. The standard InChI is InChI=1S/2C46H35N/c1-30-22-25-35(26-23-30)47(43-27-24-34(29-32(43)3)33-13-10-12-31(2)28-33)44-21-11-17-39-38-16-6-9-20-42(38)46(45(39)44)40-18-7-4-14-36(40)37-15-5-8-19-41(37)46;1-30-23-25-33(26-24-30)47(34-27-28-36(32(3)29-34)35-14-5-4-13-31(35)2)44-22-12-18-40-39-17-8-11-21-43(39)46(45(40)44)41-19-9-6-15-37(41)38-16-7-10-20-42(38)46/h2*4-29H,1-3H3. The van der Waals surface area contributed by atoms with E-state index in [2.05, 4.69) is 367 Å². The Balaban J connectivity index is 0.000000143. The van der Waals surface area contributed by atoms with Gasteiger partial charge in [0.05, 0.1) is 22.2 Å². The zero-order valence-electron chi connectivity index (χ0n) is 53.9. The number of rotatable bonds is 8. The number of nitrogens with zero attached hydrogens (tertiary/aromatic N) is 2. The second-order valence-electron chi connectivity index (χ2n) is 26.2. The van der Waals surface area contributed by atoms with Gasteiger partial charge in [0.2, 0.25) is 0 Å². The summed E-state index contributed by atoms with van der Waals surface area (Å²) >= 11 is 0. The van der Waals surface area contributed by atoms with Crippen LogP contribution < -0.4 is 9.80 Å². The minimum absolute atomic E-state index is 0.436. The topological polar surface area (TPSA) is 6.48 Å². The SMILES string of the molecule is Cc1ccc(N(c2ccc(-c3cccc(C)c3)cc2C)c2cccc3c2C2(c4ccccc4-c4ccccc42)c2ccccc2-3)cc1.Cc1ccc(N(c2ccc(-c3ccccc3C)c(C)c2)c2cccc3c2C2(c4ccccc4-c4ccccc42)c2ccccc2-3)cc1. The average Bonchev–Trinajstić information content (AvgIpc) is 1.51. The summed E-state index contributed by atoms with van der Waals surface area (Å²) in [5.74, 6) is 0. The molecule has 0 unspecified atom stereocenters. The Morgan fingerprint density at radius 2 is 0.564 bits per heavy atom. The van der Waals surface area contributed by atoms with Gasteiger partial charge in [-0.3, -0.25) is 0 Å². The third-order valence-corrected chi connectivity index (χ3v) is 20.7. The number of anilines is 6. The number of benzene rings is 14. The molecule has 0 saturated carbocycles. The second kappa shape index (κ2) is 22.2. The molecule has 14 aromatic carbocycles. The smallest absolute Gasteiger partial charge is 0.0746 e. The second-order valence-corrected chi connectivity index (χ2v) is 26.2. The summed E-state index contributed by atoms with van der Waals surface area (Å²) in [6.45, 7) is 13.2. The number of hydrogen-bond donors (Lipinski definition) is 0. The van der Waals surface area contributed by atoms with Crippen LogP contribution in [0.15, 0.2) is 315 Å². The molecule has 0 bridgehead atoms. The van der Waals surface area contributed by atoms with Gasteiger partial charge in [-0.1, -0.05) is 271 Å². The number of hydrogen-bond acceptors (Lipinski definition) is 2. The number of fused-ring (bicyclic) bond motifs is 20. The lowest BCUT2D eigenvalue weighted by atomic mass is 9.70. The van der Waals surface area contributed by atoms with E-state index in [1.54, 1.807) is 0 Å². The molecule has 0 aliphatic heterocycles. The van der Waals surface area contributed by atoms with Crippen molar-refractivity contribution in [3.63, 3.8) is 0 Å². The molecule has 0 amide bonds. The fraction of sp³-hybridized carbons (Fsp3) is 0.0870. The molecule has 4 aliphatic carbocycles. The van der Waals surface area contributed by atoms with Crippen LogP contribution >= 0.6 is 0 Å². The van der Waals surface area contributed by atoms with Crippen LogP contribution in [0.4, 0.5) is 34.1 Å². The summed E-state index contributed by atoms with van der Waals surface area (Å²) in [5.41, 5.74) is 40.1. The molecule has 18 rings (SSSR count). The van der Waals surface area contributed by atoms with Gasteiger partial charge < -0.3 is 9.80 Å². The van der Waals surface area contributed by atoms with Gasteiger partial charge in [0.15, 0.2) is 0 Å². The van der Waals surface area contributed by atoms with E-state index in [0.29, 0.717) is 0 Å². The van der Waals surface area contributed by atoms with E-state index < -0.39 is 10.8 Å². The molecule has 2 nitrogen and oxygen atoms in total. The van der Waals surface area contributed by atoms with Crippen molar-refractivity contribution in [2.45, 2.75) is 52.4 Å². The monoisotopic (exact) mass is 1200 g/mol. The molecule has 2 heteroatoms. The minimum Gasteiger partial charge on any atom is -0.310 e. The Morgan fingerprint density at radius 3 is 1.00 bits per heavy atom. The summed E-state index contributed by atoms with van der Waals surface area (Å²) in [7, 11) is 0. The molecule has 0 radical (unpaired) electrons. The maximum absolute atomic E-state index is 2.50. The Morgan fingerprint density at radius 1 is 0.202 bits per heavy atom. The summed E-state index contributed by atoms with van der Waals surface area (Å²) < 4.78 is 0. The Labute approximate surface area is 553 Å². The Hall–Kier alpha value is -11.3. The van der Waals surface area contributed by atoms with Crippen LogP contribution in [-0.2, 0) is 10.8 Å². The molecule has 4 aliphatic rings. The molecule has 0 heterocycles. The van der Waals surface area contributed by atoms with Crippen molar-refractivity contribution < 1.29 is 0 Å². The van der Waals surface area contributed by atoms with Crippen LogP contribution in [0.3, 0.4) is 0 Å². The number of aryl methyl sites for hydroxylation is 6. The average molecular weight is 1200 g/mol. The molecule has 0 saturated heterocycles. The van der Waals surface area contributed by atoms with Crippen LogP contribution in [0.1, 0.15) is 77.9 Å². The third kappa shape index (κ3) is 8.49. The van der Waals surface area contributed by atoms with Crippen molar-refractivity contribution in [1.29, 1.82) is 0 Å². The van der Waals surface area contributed by atoms with Crippen LogP contribution in [0.25, 0.3) is 66.8 Å². The lowest BCUT2D eigenvalue weighted by Crippen LogP contribution is -2.28. The first-order valence-corrected chi connectivity index (χ1v) is 33.1. The van der Waals surface area contributed by atoms with E-state index in [4.69, 9.17) is 0 Å². The maximum atomic E-state index is 2.50. The highest BCUT2D eigenvalue weighted by molar-refractivity contribution is 6.02. The fourth-order valence-corrected chi connectivity index (χ4v) is 16.7. The maximum Gasteiger partial charge on any atom is 0.0746 e. The lowest BCUT2D eigenvalue weighted by molar-refractivity contribution is 0.793. The van der Waals surface area contributed by atoms with Gasteiger partial charge in [-0.25, -0.2) is 0 Å². The summed E-state index contributed by atoms with van der Waals surface area (Å²) in [5, 5.41) is 0. The molecule has 448 valence electrons. The zero-order chi connectivity index (χ0) is 63.4. The molecule has 0 atom stereocenters. The Bertz CT molecular complexity index is 5230. The van der Waals surface area contributed by atoms with Gasteiger partial charge in [-0.2, -0.15) is 0 Å². The minimum atomic E-state index is -0.436. The molecule has 0 aromatic heterocycles. The summed E-state index contributed by atoms with van der Waals surface area (Å²) in [4.78, 5) is 4.99. The first-order chi connectivity index (χ1) is 46.1. The van der Waals surface area contributed by atoms with Crippen LogP contribution in [-0.4, -0.2) is 0 Å². The molecule has 0 fully saturated rings. The molecular formula is C92H70N2. The van der Waals surface area contributed by atoms with E-state index in [-0.39, 0.29) is 0 Å². The van der Waals surface area contributed by atoms with Crippen molar-refractivity contribution in [3.05, 3.63) is 393 Å². The van der Waals surface area contributed by atoms with Crippen molar-refractivity contribution in [2.24, 2.45) is 0 Å². The normalized spacial score (nSPS) is 13.2. The van der Waals surface area contributed by atoms with Crippen LogP contribution in [0.5, 0.6) is 0 Å². The fourth-order valence-electron chi connectivity index (χ4n) is 16.7. The highest BCUT2D eigenvalue weighted by Crippen LogP contribution is 2.67. The van der Waals surface area contributed by atoms with E-state index in [9.17, 15) is 0 Å². The molecule has 14 aromatic rings. The first-order valence-electron chi connectivity index (χ1n) is 33.1. The van der Waals surface area contributed by atoms with Gasteiger partial charge in [-0.15, -0.1) is 0 Å². The van der Waals surface area contributed by atoms with Crippen molar-refractivity contribution >= 4 is 34.1 Å². The van der Waals surface area contributed by atoms with Gasteiger partial charge >= 0.3 is 0 Å². The van der Waals surface area contributed by atoms with Crippen molar-refractivity contribution in [1.82, 2.24) is 0 Å². The predicted octanol–water partition coefficient (Wildman–Crippen LogP) is 24.2. The Kier molecular flexibility index (Phi) is 13.4. The highest BCUT2D eigenvalue weighted by atomic mass is 15.2. The summed E-state index contributed by atoms with van der Waals surface area (Å²) in [6, 6.07) is 118. The molecular weight excluding hydrogens is 1130 g/mol. The molecule has 0 N–H and O–H groups in total. The van der Waals surface area contributed by atoms with E-state index in [1.807, 2.05) is 0 Å². The van der Waals surface area contributed by atoms with Crippen LogP contribution in [0.2, 0.25) is 0 Å². The molecule has 2 spiro atoms. The van der Waals surface area contributed by atoms with Gasteiger partial charge in [0.25, 0.3) is 0 Å².